The van der Waals surface area contributed by atoms with Gasteiger partial charge in [0.25, 0.3) is 5.69 Å². The van der Waals surface area contributed by atoms with Crippen LogP contribution in [-0.2, 0) is 14.3 Å². The van der Waals surface area contributed by atoms with Crippen molar-refractivity contribution in [1.82, 2.24) is 0 Å². The van der Waals surface area contributed by atoms with Crippen molar-refractivity contribution in [3.8, 4) is 0 Å². The predicted octanol–water partition coefficient (Wildman–Crippen LogP) is 1.70. The molecule has 1 aromatic carbocycles. The molecular weight excluding hydrogens is 302 g/mol. The first-order valence-corrected chi connectivity index (χ1v) is 6.75. The zero-order chi connectivity index (χ0) is 17.6. The van der Waals surface area contributed by atoms with Gasteiger partial charge in [-0.25, -0.2) is 4.79 Å². The normalized spacial score (nSPS) is 11.3. The third-order valence-corrected chi connectivity index (χ3v) is 3.22. The minimum absolute atomic E-state index is 0.153. The van der Waals surface area contributed by atoms with Gasteiger partial charge in [0.15, 0.2) is 0 Å². The van der Waals surface area contributed by atoms with Crippen LogP contribution in [0.2, 0.25) is 0 Å². The van der Waals surface area contributed by atoms with Gasteiger partial charge in [-0.1, -0.05) is 6.07 Å². The number of esters is 1. The molecule has 124 valence electrons. The molecule has 0 radical (unpaired) electrons. The van der Waals surface area contributed by atoms with Gasteiger partial charge in [0, 0.05) is 18.7 Å². The SMILES string of the molecule is COC(=O)/C=C/c1ccc(NCC(C)(C)C(N)=O)c([N+](=O)[O-])c1. The second-order valence-electron chi connectivity index (χ2n) is 5.49. The third-order valence-electron chi connectivity index (χ3n) is 3.22. The summed E-state index contributed by atoms with van der Waals surface area (Å²) in [6, 6.07) is 4.43. The maximum absolute atomic E-state index is 11.3. The van der Waals surface area contributed by atoms with E-state index in [0.717, 1.165) is 0 Å². The van der Waals surface area contributed by atoms with E-state index in [0.29, 0.717) is 5.56 Å². The van der Waals surface area contributed by atoms with Crippen LogP contribution >= 0.6 is 0 Å². The van der Waals surface area contributed by atoms with E-state index in [1.165, 1.54) is 31.4 Å². The second kappa shape index (κ2) is 7.39. The summed E-state index contributed by atoms with van der Waals surface area (Å²) in [5.41, 5.74) is 4.99. The molecule has 3 N–H and O–H groups in total. The Balaban J connectivity index is 3.01. The van der Waals surface area contributed by atoms with E-state index in [2.05, 4.69) is 10.1 Å². The molecule has 0 spiro atoms. The average Bonchev–Trinajstić information content (AvgIpc) is 2.50. The highest BCUT2D eigenvalue weighted by atomic mass is 16.6. The van der Waals surface area contributed by atoms with Crippen molar-refractivity contribution >= 4 is 29.3 Å². The van der Waals surface area contributed by atoms with Crippen LogP contribution in [0.25, 0.3) is 6.08 Å². The van der Waals surface area contributed by atoms with Crippen LogP contribution in [-0.4, -0.2) is 30.5 Å². The molecule has 8 nitrogen and oxygen atoms in total. The monoisotopic (exact) mass is 321 g/mol. The van der Waals surface area contributed by atoms with Crippen LogP contribution in [0.15, 0.2) is 24.3 Å². The average molecular weight is 321 g/mol. The number of anilines is 1. The van der Waals surface area contributed by atoms with Gasteiger partial charge in [0.2, 0.25) is 5.91 Å². The zero-order valence-electron chi connectivity index (χ0n) is 13.2. The van der Waals surface area contributed by atoms with E-state index in [9.17, 15) is 19.7 Å². The quantitative estimate of drug-likeness (QED) is 0.341. The van der Waals surface area contributed by atoms with Crippen molar-refractivity contribution < 1.29 is 19.2 Å². The van der Waals surface area contributed by atoms with E-state index >= 15 is 0 Å². The summed E-state index contributed by atoms with van der Waals surface area (Å²) in [5, 5.41) is 14.0. The Bertz CT molecular complexity index is 653. The maximum Gasteiger partial charge on any atom is 0.330 e. The van der Waals surface area contributed by atoms with Crippen molar-refractivity contribution in [3.05, 3.63) is 40.0 Å². The highest BCUT2D eigenvalue weighted by Gasteiger charge is 2.26. The third kappa shape index (κ3) is 5.10. The van der Waals surface area contributed by atoms with Gasteiger partial charge in [-0.15, -0.1) is 0 Å². The number of nitrogens with two attached hydrogens (primary N) is 1. The summed E-state index contributed by atoms with van der Waals surface area (Å²) in [7, 11) is 1.24. The Kier molecular flexibility index (Phi) is 5.83. The number of amides is 1. The number of carbonyl (C=O) groups excluding carboxylic acids is 2. The number of methoxy groups -OCH3 is 1. The number of nitro groups is 1. The van der Waals surface area contributed by atoms with E-state index in [-0.39, 0.29) is 17.9 Å². The Morgan fingerprint density at radius 1 is 1.43 bits per heavy atom. The van der Waals surface area contributed by atoms with Crippen LogP contribution in [0, 0.1) is 15.5 Å². The second-order valence-corrected chi connectivity index (χ2v) is 5.49. The fourth-order valence-electron chi connectivity index (χ4n) is 1.59. The van der Waals surface area contributed by atoms with Crippen molar-refractivity contribution in [1.29, 1.82) is 0 Å². The highest BCUT2D eigenvalue weighted by molar-refractivity contribution is 5.87. The highest BCUT2D eigenvalue weighted by Crippen LogP contribution is 2.27. The van der Waals surface area contributed by atoms with Crippen LogP contribution in [0.5, 0.6) is 0 Å². The molecule has 1 rings (SSSR count). The molecule has 0 bridgehead atoms. The minimum Gasteiger partial charge on any atom is -0.466 e. The van der Waals surface area contributed by atoms with Crippen molar-refractivity contribution in [2.75, 3.05) is 19.0 Å². The maximum atomic E-state index is 11.3. The summed E-state index contributed by atoms with van der Waals surface area (Å²) in [5.74, 6) is -1.07. The number of hydrogen-bond acceptors (Lipinski definition) is 6. The number of rotatable bonds is 7. The Labute approximate surface area is 133 Å². The van der Waals surface area contributed by atoms with Crippen molar-refractivity contribution in [2.45, 2.75) is 13.8 Å². The number of nitro benzene ring substituents is 1. The minimum atomic E-state index is -0.850. The Morgan fingerprint density at radius 3 is 2.61 bits per heavy atom. The molecule has 0 unspecified atom stereocenters. The summed E-state index contributed by atoms with van der Waals surface area (Å²) < 4.78 is 4.46. The van der Waals surface area contributed by atoms with Crippen LogP contribution in [0.3, 0.4) is 0 Å². The number of carbonyl (C=O) groups is 2. The summed E-state index contributed by atoms with van der Waals surface area (Å²) in [6.07, 6.45) is 2.58. The molecule has 0 aliphatic rings. The molecule has 8 heteroatoms. The first-order chi connectivity index (χ1) is 10.7. The first kappa shape index (κ1) is 18.1. The van der Waals surface area contributed by atoms with Crippen LogP contribution in [0.4, 0.5) is 11.4 Å². The predicted molar refractivity (Wildman–Crippen MR) is 85.6 cm³/mol. The number of nitrogens with zero attached hydrogens (tertiary/aromatic N) is 1. The van der Waals surface area contributed by atoms with Crippen molar-refractivity contribution in [2.24, 2.45) is 11.1 Å². The van der Waals surface area contributed by atoms with Gasteiger partial charge in [0.05, 0.1) is 17.4 Å². The first-order valence-electron chi connectivity index (χ1n) is 6.75. The van der Waals surface area contributed by atoms with Gasteiger partial charge in [0.1, 0.15) is 5.69 Å². The molecule has 1 aromatic rings. The Hall–Kier alpha value is -2.90. The van der Waals surface area contributed by atoms with Crippen molar-refractivity contribution in [3.63, 3.8) is 0 Å². The molecule has 0 heterocycles. The molecule has 0 atom stereocenters. The van der Waals surface area contributed by atoms with Gasteiger partial charge >= 0.3 is 5.97 Å². The zero-order valence-corrected chi connectivity index (χ0v) is 13.2. The summed E-state index contributed by atoms with van der Waals surface area (Å²) in [6.45, 7) is 3.43. The largest absolute Gasteiger partial charge is 0.466 e. The van der Waals surface area contributed by atoms with Gasteiger partial charge in [-0.3, -0.25) is 14.9 Å². The number of nitrogens with one attached hydrogen (secondary N) is 1. The Morgan fingerprint density at radius 2 is 2.09 bits per heavy atom. The molecular formula is C15H19N3O5. The fraction of sp³-hybridized carbons (Fsp3) is 0.333. The van der Waals surface area contributed by atoms with E-state index in [1.54, 1.807) is 19.9 Å². The molecule has 23 heavy (non-hydrogen) atoms. The molecule has 0 saturated carbocycles. The molecule has 0 aromatic heterocycles. The number of ether oxygens (including phenoxy) is 1. The summed E-state index contributed by atoms with van der Waals surface area (Å²) >= 11 is 0. The van der Waals surface area contributed by atoms with Crippen LogP contribution in [0.1, 0.15) is 19.4 Å². The molecule has 0 fully saturated rings. The van der Waals surface area contributed by atoms with Gasteiger partial charge < -0.3 is 15.8 Å². The standard InChI is InChI=1S/C15H19N3O5/c1-15(2,14(16)20)9-17-11-6-4-10(5-7-13(19)23-3)8-12(11)18(21)22/h4-8,17H,9H2,1-3H3,(H2,16,20)/b7-5+. The molecule has 1 amide bonds. The smallest absolute Gasteiger partial charge is 0.330 e. The molecule has 0 aliphatic heterocycles. The molecule has 0 saturated heterocycles. The van der Waals surface area contributed by atoms with E-state index in [4.69, 9.17) is 5.73 Å². The fourth-order valence-corrected chi connectivity index (χ4v) is 1.59. The number of hydrogen-bond donors (Lipinski definition) is 2. The lowest BCUT2D eigenvalue weighted by Gasteiger charge is -2.21. The van der Waals surface area contributed by atoms with Crippen LogP contribution < -0.4 is 11.1 Å². The molecule has 0 aliphatic carbocycles. The van der Waals surface area contributed by atoms with E-state index in [1.807, 2.05) is 0 Å². The lowest BCUT2D eigenvalue weighted by Crippen LogP contribution is -2.37. The van der Waals surface area contributed by atoms with Gasteiger partial charge in [-0.2, -0.15) is 0 Å². The van der Waals surface area contributed by atoms with Gasteiger partial charge in [-0.05, 0) is 31.6 Å². The van der Waals surface area contributed by atoms with E-state index < -0.39 is 22.2 Å². The lowest BCUT2D eigenvalue weighted by molar-refractivity contribution is -0.384. The lowest BCUT2D eigenvalue weighted by atomic mass is 9.92. The summed E-state index contributed by atoms with van der Waals surface area (Å²) in [4.78, 5) is 33.0. The number of primary amides is 1. The topological polar surface area (TPSA) is 125 Å². The number of benzene rings is 1.